The van der Waals surface area contributed by atoms with Gasteiger partial charge in [0.25, 0.3) is 0 Å². The fourth-order valence-electron chi connectivity index (χ4n) is 3.67. The van der Waals surface area contributed by atoms with Gasteiger partial charge in [-0.05, 0) is 19.8 Å². The number of imidazole rings is 2. The largest absolute Gasteiger partial charge is 0.493 e. The zero-order valence-corrected chi connectivity index (χ0v) is 18.5. The molecule has 1 saturated carbocycles. The Bertz CT molecular complexity index is 1250. The second kappa shape index (κ2) is 8.03. The van der Waals surface area contributed by atoms with Gasteiger partial charge < -0.3 is 28.7 Å². The second-order valence-electron chi connectivity index (χ2n) is 7.58. The van der Waals surface area contributed by atoms with Crippen LogP contribution in [0.3, 0.4) is 0 Å². The summed E-state index contributed by atoms with van der Waals surface area (Å²) in [5.41, 5.74) is 2.40. The average Bonchev–Trinajstić information content (AvgIpc) is 3.43. The van der Waals surface area contributed by atoms with Gasteiger partial charge in [-0.3, -0.25) is 0 Å². The smallest absolute Gasteiger partial charge is 0.203 e. The molecule has 166 valence electrons. The summed E-state index contributed by atoms with van der Waals surface area (Å²) in [5.74, 6) is 4.28. The van der Waals surface area contributed by atoms with Gasteiger partial charge >= 0.3 is 0 Å². The minimum atomic E-state index is 0.428. The van der Waals surface area contributed by atoms with E-state index in [1.165, 1.54) is 0 Å². The Labute approximate surface area is 185 Å². The van der Waals surface area contributed by atoms with Crippen molar-refractivity contribution in [1.29, 1.82) is 0 Å². The van der Waals surface area contributed by atoms with Gasteiger partial charge in [0.15, 0.2) is 28.5 Å². The maximum Gasteiger partial charge on any atom is 0.203 e. The van der Waals surface area contributed by atoms with Crippen molar-refractivity contribution in [3.8, 4) is 22.9 Å². The van der Waals surface area contributed by atoms with E-state index in [4.69, 9.17) is 24.2 Å². The highest BCUT2D eigenvalue weighted by atomic mass is 16.5. The summed E-state index contributed by atoms with van der Waals surface area (Å²) in [6.07, 6.45) is 7.65. The molecule has 0 unspecified atom stereocenters. The number of aryl methyl sites for hydroxylation is 1. The van der Waals surface area contributed by atoms with Crippen LogP contribution in [0.4, 0.5) is 11.6 Å². The number of aromatic nitrogens is 6. The van der Waals surface area contributed by atoms with Crippen molar-refractivity contribution < 1.29 is 14.2 Å². The van der Waals surface area contributed by atoms with Crippen molar-refractivity contribution in [2.45, 2.75) is 32.2 Å². The number of hydrogen-bond donors (Lipinski definition) is 1. The van der Waals surface area contributed by atoms with Crippen molar-refractivity contribution in [2.75, 3.05) is 26.6 Å². The lowest BCUT2D eigenvalue weighted by Gasteiger charge is -2.14. The first-order chi connectivity index (χ1) is 15.6. The van der Waals surface area contributed by atoms with Crippen LogP contribution < -0.4 is 19.5 Å². The van der Waals surface area contributed by atoms with Gasteiger partial charge in [0.2, 0.25) is 5.75 Å². The number of nitrogens with zero attached hydrogens (tertiary/aromatic N) is 6. The third-order valence-corrected chi connectivity index (χ3v) is 5.54. The van der Waals surface area contributed by atoms with Crippen LogP contribution in [0.1, 0.15) is 31.5 Å². The molecule has 4 aromatic rings. The minimum Gasteiger partial charge on any atom is -0.493 e. The number of rotatable bonds is 8. The van der Waals surface area contributed by atoms with Crippen molar-refractivity contribution in [1.82, 2.24) is 29.1 Å². The van der Waals surface area contributed by atoms with Gasteiger partial charge in [0.05, 0.1) is 39.5 Å². The lowest BCUT2D eigenvalue weighted by molar-refractivity contribution is 0.324. The highest BCUT2D eigenvalue weighted by Crippen LogP contribution is 2.40. The highest BCUT2D eigenvalue weighted by Gasteiger charge is 2.28. The first-order valence-corrected chi connectivity index (χ1v) is 10.5. The number of ether oxygens (including phenoxy) is 3. The van der Waals surface area contributed by atoms with Crippen LogP contribution in [0.25, 0.3) is 16.9 Å². The fraction of sp³-hybridized carbons (Fsp3) is 0.364. The molecule has 0 aliphatic heterocycles. The van der Waals surface area contributed by atoms with Crippen LogP contribution in [0.2, 0.25) is 0 Å². The fourth-order valence-corrected chi connectivity index (χ4v) is 3.67. The lowest BCUT2D eigenvalue weighted by atomic mass is 10.2. The molecule has 3 aromatic heterocycles. The molecular weight excluding hydrogens is 410 g/mol. The van der Waals surface area contributed by atoms with E-state index >= 15 is 0 Å². The molecule has 0 saturated heterocycles. The van der Waals surface area contributed by atoms with E-state index < -0.39 is 0 Å². The first kappa shape index (κ1) is 20.1. The van der Waals surface area contributed by atoms with E-state index in [1.807, 2.05) is 27.5 Å². The molecule has 5 rings (SSSR count). The van der Waals surface area contributed by atoms with Gasteiger partial charge in [-0.2, -0.15) is 0 Å². The maximum absolute atomic E-state index is 5.46. The molecule has 10 heteroatoms. The van der Waals surface area contributed by atoms with Gasteiger partial charge in [-0.15, -0.1) is 0 Å². The predicted octanol–water partition coefficient (Wildman–Crippen LogP) is 3.68. The van der Waals surface area contributed by atoms with Crippen LogP contribution in [-0.4, -0.2) is 50.4 Å². The molecule has 0 radical (unpaired) electrons. The summed E-state index contributed by atoms with van der Waals surface area (Å²) < 4.78 is 20.2. The summed E-state index contributed by atoms with van der Waals surface area (Å²) in [5, 5.41) is 3.33. The van der Waals surface area contributed by atoms with Gasteiger partial charge in [0.1, 0.15) is 18.0 Å². The molecule has 1 N–H and O–H groups in total. The Morgan fingerprint density at radius 2 is 1.75 bits per heavy atom. The molecule has 1 aliphatic carbocycles. The third-order valence-electron chi connectivity index (χ3n) is 5.54. The SMILES string of the molecule is CCn1cnc2c(Nc3cn(-c4cc(OC)c(OC)c(OC)c4)cn3)nc(C3CC3)nc21. The zero-order valence-electron chi connectivity index (χ0n) is 18.5. The Morgan fingerprint density at radius 3 is 2.38 bits per heavy atom. The molecular formula is C22H25N7O3. The van der Waals surface area contributed by atoms with E-state index in [9.17, 15) is 0 Å². The normalized spacial score (nSPS) is 13.4. The Morgan fingerprint density at radius 1 is 1.00 bits per heavy atom. The van der Waals surface area contributed by atoms with Crippen molar-refractivity contribution in [3.63, 3.8) is 0 Å². The van der Waals surface area contributed by atoms with E-state index in [2.05, 4.69) is 22.2 Å². The number of fused-ring (bicyclic) bond motifs is 1. The van der Waals surface area contributed by atoms with Crippen LogP contribution in [0.5, 0.6) is 17.2 Å². The standard InChI is InChI=1S/C22H25N7O3/c1-5-28-12-24-18-21(26-20(13-6-7-13)27-22(18)28)25-17-10-29(11-23-17)14-8-15(30-2)19(32-4)16(9-14)31-3/h8-13H,5-7H2,1-4H3,(H,25,26,27). The third kappa shape index (κ3) is 3.47. The van der Waals surface area contributed by atoms with Gasteiger partial charge in [-0.25, -0.2) is 19.9 Å². The number of hydrogen-bond acceptors (Lipinski definition) is 8. The molecule has 0 spiro atoms. The van der Waals surface area contributed by atoms with Crippen molar-refractivity contribution in [2.24, 2.45) is 0 Å². The van der Waals surface area contributed by atoms with E-state index in [-0.39, 0.29) is 0 Å². The summed E-state index contributed by atoms with van der Waals surface area (Å²) in [6, 6.07) is 3.73. The van der Waals surface area contributed by atoms with Gasteiger partial charge in [-0.1, -0.05) is 0 Å². The van der Waals surface area contributed by atoms with Gasteiger partial charge in [0, 0.05) is 24.6 Å². The molecule has 0 bridgehead atoms. The number of methoxy groups -OCH3 is 3. The monoisotopic (exact) mass is 435 g/mol. The van der Waals surface area contributed by atoms with Crippen LogP contribution >= 0.6 is 0 Å². The number of benzene rings is 1. The Kier molecular flexibility index (Phi) is 5.04. The molecule has 10 nitrogen and oxygen atoms in total. The summed E-state index contributed by atoms with van der Waals surface area (Å²) in [6.45, 7) is 2.87. The number of anilines is 2. The Balaban J connectivity index is 1.50. The molecule has 0 amide bonds. The number of nitrogens with one attached hydrogen (secondary N) is 1. The predicted molar refractivity (Wildman–Crippen MR) is 119 cm³/mol. The highest BCUT2D eigenvalue weighted by molar-refractivity contribution is 5.85. The lowest BCUT2D eigenvalue weighted by Crippen LogP contribution is -2.03. The second-order valence-corrected chi connectivity index (χ2v) is 7.58. The maximum atomic E-state index is 5.46. The molecule has 1 fully saturated rings. The molecule has 32 heavy (non-hydrogen) atoms. The van der Waals surface area contributed by atoms with Crippen LogP contribution in [-0.2, 0) is 6.54 Å². The van der Waals surface area contributed by atoms with E-state index in [0.29, 0.717) is 34.8 Å². The summed E-state index contributed by atoms with van der Waals surface area (Å²) in [7, 11) is 4.77. The van der Waals surface area contributed by atoms with Crippen molar-refractivity contribution in [3.05, 3.63) is 36.8 Å². The summed E-state index contributed by atoms with van der Waals surface area (Å²) >= 11 is 0. The molecule has 0 atom stereocenters. The summed E-state index contributed by atoms with van der Waals surface area (Å²) in [4.78, 5) is 18.6. The zero-order chi connectivity index (χ0) is 22.2. The van der Waals surface area contributed by atoms with E-state index in [0.717, 1.165) is 42.1 Å². The topological polar surface area (TPSA) is 101 Å². The van der Waals surface area contributed by atoms with Crippen molar-refractivity contribution >= 4 is 22.8 Å². The molecule has 1 aromatic carbocycles. The van der Waals surface area contributed by atoms with E-state index in [1.54, 1.807) is 34.0 Å². The molecule has 1 aliphatic rings. The minimum absolute atomic E-state index is 0.428. The van der Waals surface area contributed by atoms with Crippen LogP contribution in [0, 0.1) is 0 Å². The quantitative estimate of drug-likeness (QED) is 0.447. The molecule has 3 heterocycles. The van der Waals surface area contributed by atoms with Crippen LogP contribution in [0.15, 0.2) is 31.0 Å². The Hall–Kier alpha value is -3.82. The first-order valence-electron chi connectivity index (χ1n) is 10.5. The average molecular weight is 435 g/mol.